The van der Waals surface area contributed by atoms with E-state index in [0.29, 0.717) is 6.54 Å². The van der Waals surface area contributed by atoms with Crippen LogP contribution in [0.4, 0.5) is 10.1 Å². The van der Waals surface area contributed by atoms with Crippen molar-refractivity contribution in [2.24, 2.45) is 0 Å². The molecule has 8 heteroatoms. The predicted molar refractivity (Wildman–Crippen MR) is 78.4 cm³/mol. The summed E-state index contributed by atoms with van der Waals surface area (Å²) in [6.45, 7) is 2.93. The zero-order valence-electron chi connectivity index (χ0n) is 11.5. The average molecular weight is 318 g/mol. The van der Waals surface area contributed by atoms with Gasteiger partial charge in [-0.2, -0.15) is 0 Å². The minimum atomic E-state index is -0.653. The molecule has 1 saturated heterocycles. The third-order valence-electron chi connectivity index (χ3n) is 3.32. The Morgan fingerprint density at radius 3 is 2.81 bits per heavy atom. The number of carbonyl (C=O) groups excluding carboxylic acids is 1. The molecule has 1 atom stereocenters. The number of rotatable bonds is 3. The van der Waals surface area contributed by atoms with Crippen molar-refractivity contribution >= 4 is 24.0 Å². The predicted octanol–water partition coefficient (Wildman–Crippen LogP) is 1.95. The summed E-state index contributed by atoms with van der Waals surface area (Å²) in [5.41, 5.74) is -0.423. The minimum Gasteiger partial charge on any atom is -0.348 e. The molecule has 1 fully saturated rings. The van der Waals surface area contributed by atoms with Crippen molar-refractivity contribution in [3.63, 3.8) is 0 Å². The van der Waals surface area contributed by atoms with Crippen molar-refractivity contribution in [1.29, 1.82) is 0 Å². The van der Waals surface area contributed by atoms with Crippen LogP contribution in [0.3, 0.4) is 0 Å². The van der Waals surface area contributed by atoms with Gasteiger partial charge in [-0.05, 0) is 38.4 Å². The Balaban J connectivity index is 0.00000220. The van der Waals surface area contributed by atoms with Gasteiger partial charge >= 0.3 is 0 Å². The van der Waals surface area contributed by atoms with Crippen LogP contribution in [0.1, 0.15) is 28.8 Å². The van der Waals surface area contributed by atoms with E-state index in [0.717, 1.165) is 31.5 Å². The second kappa shape index (κ2) is 7.33. The first-order chi connectivity index (χ1) is 9.49. The summed E-state index contributed by atoms with van der Waals surface area (Å²) in [5.74, 6) is -1.26. The van der Waals surface area contributed by atoms with E-state index >= 15 is 0 Å². The molecule has 0 aromatic heterocycles. The molecule has 0 saturated carbocycles. The van der Waals surface area contributed by atoms with Crippen molar-refractivity contribution in [2.75, 3.05) is 13.1 Å². The molecule has 1 heterocycles. The number of halogens is 2. The highest BCUT2D eigenvalue weighted by Crippen LogP contribution is 2.25. The van der Waals surface area contributed by atoms with E-state index in [2.05, 4.69) is 10.6 Å². The maximum absolute atomic E-state index is 13.4. The van der Waals surface area contributed by atoms with Crippen molar-refractivity contribution in [3.05, 3.63) is 39.2 Å². The van der Waals surface area contributed by atoms with Gasteiger partial charge in [-0.1, -0.05) is 0 Å². The normalized spacial score (nSPS) is 17.7. The van der Waals surface area contributed by atoms with Crippen LogP contribution in [0.25, 0.3) is 0 Å². The van der Waals surface area contributed by atoms with Crippen LogP contribution in [0.2, 0.25) is 0 Å². The number of carbonyl (C=O) groups is 1. The fraction of sp³-hybridized carbons (Fsp3) is 0.462. The lowest BCUT2D eigenvalue weighted by molar-refractivity contribution is -0.385. The molecule has 1 aromatic rings. The number of hydrogen-bond donors (Lipinski definition) is 2. The Bertz CT molecular complexity index is 548. The molecule has 0 spiro atoms. The summed E-state index contributed by atoms with van der Waals surface area (Å²) in [6.07, 6.45) is 1.73. The van der Waals surface area contributed by atoms with Gasteiger partial charge in [0.2, 0.25) is 0 Å². The molecule has 0 aliphatic carbocycles. The van der Waals surface area contributed by atoms with Crippen LogP contribution in [0, 0.1) is 22.9 Å². The lowest BCUT2D eigenvalue weighted by Crippen LogP contribution is -2.45. The monoisotopic (exact) mass is 317 g/mol. The Morgan fingerprint density at radius 1 is 1.52 bits per heavy atom. The van der Waals surface area contributed by atoms with Crippen LogP contribution in [0.15, 0.2) is 12.1 Å². The summed E-state index contributed by atoms with van der Waals surface area (Å²) in [5, 5.41) is 16.9. The highest BCUT2D eigenvalue weighted by Gasteiger charge is 2.26. The van der Waals surface area contributed by atoms with Crippen LogP contribution in [-0.4, -0.2) is 30.0 Å². The number of aryl methyl sites for hydroxylation is 1. The van der Waals surface area contributed by atoms with E-state index in [1.165, 1.54) is 6.92 Å². The Kier molecular flexibility index (Phi) is 6.04. The molecule has 1 unspecified atom stereocenters. The number of nitrogens with one attached hydrogen (secondary N) is 2. The van der Waals surface area contributed by atoms with Crippen molar-refractivity contribution in [3.8, 4) is 0 Å². The number of piperidine rings is 1. The largest absolute Gasteiger partial charge is 0.348 e. The highest BCUT2D eigenvalue weighted by molar-refractivity contribution is 5.98. The zero-order chi connectivity index (χ0) is 14.7. The highest BCUT2D eigenvalue weighted by atomic mass is 35.5. The van der Waals surface area contributed by atoms with Gasteiger partial charge in [0.1, 0.15) is 11.4 Å². The molecular formula is C13H17ClFN3O3. The Hall–Kier alpha value is -1.73. The number of nitro benzene ring substituents is 1. The van der Waals surface area contributed by atoms with Crippen molar-refractivity contribution < 1.29 is 14.1 Å². The number of nitro groups is 1. The molecule has 116 valence electrons. The fourth-order valence-corrected chi connectivity index (χ4v) is 2.39. The van der Waals surface area contributed by atoms with Crippen LogP contribution in [-0.2, 0) is 0 Å². The number of nitrogens with zero attached hydrogens (tertiary/aromatic N) is 1. The number of hydrogen-bond acceptors (Lipinski definition) is 4. The molecule has 21 heavy (non-hydrogen) atoms. The molecular weight excluding hydrogens is 301 g/mol. The van der Waals surface area contributed by atoms with Crippen LogP contribution < -0.4 is 10.6 Å². The molecule has 1 amide bonds. The molecule has 2 N–H and O–H groups in total. The summed E-state index contributed by atoms with van der Waals surface area (Å²) in [6, 6.07) is 1.88. The summed E-state index contributed by atoms with van der Waals surface area (Å²) in [4.78, 5) is 22.5. The average Bonchev–Trinajstić information content (AvgIpc) is 2.38. The molecule has 1 aromatic carbocycles. The van der Waals surface area contributed by atoms with Crippen molar-refractivity contribution in [1.82, 2.24) is 10.6 Å². The summed E-state index contributed by atoms with van der Waals surface area (Å²) >= 11 is 0. The SMILES string of the molecule is Cc1cc(F)cc(C(=O)NC2CCCNC2)c1[N+](=O)[O-].Cl. The quantitative estimate of drug-likeness (QED) is 0.659. The topological polar surface area (TPSA) is 84.3 Å². The second-order valence-corrected chi connectivity index (χ2v) is 4.89. The van der Waals surface area contributed by atoms with E-state index in [9.17, 15) is 19.3 Å². The lowest BCUT2D eigenvalue weighted by Gasteiger charge is -2.23. The molecule has 1 aliphatic heterocycles. The first-order valence-electron chi connectivity index (χ1n) is 6.45. The molecule has 1 aliphatic rings. The Morgan fingerprint density at radius 2 is 2.24 bits per heavy atom. The molecule has 6 nitrogen and oxygen atoms in total. The van der Waals surface area contributed by atoms with Gasteiger partial charge in [0.25, 0.3) is 11.6 Å². The zero-order valence-corrected chi connectivity index (χ0v) is 12.3. The third-order valence-corrected chi connectivity index (χ3v) is 3.32. The summed E-state index contributed by atoms with van der Waals surface area (Å²) in [7, 11) is 0. The first-order valence-corrected chi connectivity index (χ1v) is 6.45. The van der Waals surface area contributed by atoms with Gasteiger partial charge < -0.3 is 10.6 Å². The molecule has 0 bridgehead atoms. The van der Waals surface area contributed by atoms with Crippen LogP contribution in [0.5, 0.6) is 0 Å². The van der Waals surface area contributed by atoms with E-state index in [1.807, 2.05) is 0 Å². The maximum atomic E-state index is 13.4. The Labute approximate surface area is 127 Å². The van der Waals surface area contributed by atoms with Crippen molar-refractivity contribution in [2.45, 2.75) is 25.8 Å². The van der Waals surface area contributed by atoms with Gasteiger partial charge in [0, 0.05) is 18.2 Å². The molecule has 0 radical (unpaired) electrons. The van der Waals surface area contributed by atoms with E-state index in [4.69, 9.17) is 0 Å². The van der Waals surface area contributed by atoms with E-state index in [1.54, 1.807) is 0 Å². The third kappa shape index (κ3) is 4.12. The first kappa shape index (κ1) is 17.3. The maximum Gasteiger partial charge on any atom is 0.285 e. The van der Waals surface area contributed by atoms with Gasteiger partial charge in [-0.25, -0.2) is 4.39 Å². The standard InChI is InChI=1S/C13H16FN3O3.ClH/c1-8-5-9(14)6-11(12(8)17(19)20)13(18)16-10-3-2-4-15-7-10;/h5-6,10,15H,2-4,7H2,1H3,(H,16,18);1H. The minimum absolute atomic E-state index is 0. The molecule has 2 rings (SSSR count). The fourth-order valence-electron chi connectivity index (χ4n) is 2.39. The second-order valence-electron chi connectivity index (χ2n) is 4.89. The van der Waals surface area contributed by atoms with Gasteiger partial charge in [0.15, 0.2) is 0 Å². The van der Waals surface area contributed by atoms with E-state index in [-0.39, 0.29) is 35.3 Å². The van der Waals surface area contributed by atoms with E-state index < -0.39 is 16.6 Å². The van der Waals surface area contributed by atoms with Gasteiger partial charge in [0.05, 0.1) is 4.92 Å². The van der Waals surface area contributed by atoms with Crippen LogP contribution >= 0.6 is 12.4 Å². The van der Waals surface area contributed by atoms with Gasteiger partial charge in [-0.15, -0.1) is 12.4 Å². The van der Waals surface area contributed by atoms with Gasteiger partial charge in [-0.3, -0.25) is 14.9 Å². The number of amides is 1. The summed E-state index contributed by atoms with van der Waals surface area (Å²) < 4.78 is 13.4. The smallest absolute Gasteiger partial charge is 0.285 e. The number of benzene rings is 1. The lowest BCUT2D eigenvalue weighted by atomic mass is 10.0.